The van der Waals surface area contributed by atoms with E-state index in [1.807, 2.05) is 30.3 Å². The van der Waals surface area contributed by atoms with Crippen LogP contribution in [0.2, 0.25) is 0 Å². The van der Waals surface area contributed by atoms with Gasteiger partial charge in [-0.25, -0.2) is 0 Å². The zero-order chi connectivity index (χ0) is 22.9. The first-order valence-corrected chi connectivity index (χ1v) is 10.9. The molecule has 0 aromatic heterocycles. The topological polar surface area (TPSA) is 81.1 Å². The fraction of sp³-hybridized carbons (Fsp3) is 0.308. The van der Waals surface area contributed by atoms with Crippen LogP contribution in [0.3, 0.4) is 0 Å². The maximum absolute atomic E-state index is 13.4. The van der Waals surface area contributed by atoms with Crippen LogP contribution in [-0.4, -0.2) is 35.2 Å². The van der Waals surface area contributed by atoms with Gasteiger partial charge < -0.3 is 15.1 Å². The molecule has 166 valence electrons. The van der Waals surface area contributed by atoms with Gasteiger partial charge in [-0.2, -0.15) is 0 Å². The van der Waals surface area contributed by atoms with Gasteiger partial charge in [-0.3, -0.25) is 14.5 Å². The summed E-state index contributed by atoms with van der Waals surface area (Å²) in [6.07, 6.45) is 6.68. The van der Waals surface area contributed by atoms with Crippen molar-refractivity contribution < 1.29 is 19.8 Å². The number of aliphatic hydroxyl groups excluding tert-OH is 1. The molecule has 2 heterocycles. The van der Waals surface area contributed by atoms with Crippen LogP contribution in [-0.2, 0) is 21.6 Å². The van der Waals surface area contributed by atoms with Crippen LogP contribution in [0, 0.1) is 5.92 Å². The molecule has 6 nitrogen and oxygen atoms in total. The highest BCUT2D eigenvalue weighted by Gasteiger charge is 2.52. The van der Waals surface area contributed by atoms with Crippen LogP contribution in [0.5, 0.6) is 0 Å². The average Bonchev–Trinajstić information content (AvgIpc) is 3.01. The molecule has 4 rings (SSSR count). The molecule has 2 atom stereocenters. The van der Waals surface area contributed by atoms with Crippen molar-refractivity contribution >= 4 is 28.9 Å². The van der Waals surface area contributed by atoms with Gasteiger partial charge in [-0.1, -0.05) is 43.4 Å². The number of aryl methyl sites for hydroxylation is 1. The SMILES string of the molecule is C=CCN1C(=O)[C@@](O)([C@@H](C)/C=C/CCO)c2cc(N3C(=O)CCc4ccccc43)ccc21. The summed E-state index contributed by atoms with van der Waals surface area (Å²) in [5.74, 6) is -0.971. The second-order valence-corrected chi connectivity index (χ2v) is 8.26. The molecule has 0 aliphatic carbocycles. The second-order valence-electron chi connectivity index (χ2n) is 8.26. The Morgan fingerprint density at radius 2 is 1.94 bits per heavy atom. The summed E-state index contributed by atoms with van der Waals surface area (Å²) in [6, 6.07) is 13.2. The van der Waals surface area contributed by atoms with E-state index in [1.165, 1.54) is 4.90 Å². The van der Waals surface area contributed by atoms with Crippen molar-refractivity contribution in [3.8, 4) is 0 Å². The highest BCUT2D eigenvalue weighted by molar-refractivity contribution is 6.09. The Kier molecular flexibility index (Phi) is 6.00. The van der Waals surface area contributed by atoms with Gasteiger partial charge in [-0.15, -0.1) is 6.58 Å². The molecule has 6 heteroatoms. The first-order chi connectivity index (χ1) is 15.4. The molecule has 0 spiro atoms. The summed E-state index contributed by atoms with van der Waals surface area (Å²) in [6.45, 7) is 5.78. The first kappa shape index (κ1) is 22.0. The number of benzene rings is 2. The van der Waals surface area contributed by atoms with Crippen LogP contribution in [0.15, 0.2) is 67.3 Å². The molecule has 2 N–H and O–H groups in total. The lowest BCUT2D eigenvalue weighted by Crippen LogP contribution is -2.44. The lowest BCUT2D eigenvalue weighted by atomic mass is 9.82. The third-order valence-electron chi connectivity index (χ3n) is 6.29. The van der Waals surface area contributed by atoms with Gasteiger partial charge in [0, 0.05) is 36.7 Å². The molecular weight excluding hydrogens is 404 g/mol. The number of para-hydroxylation sites is 1. The lowest BCUT2D eigenvalue weighted by Gasteiger charge is -2.31. The van der Waals surface area contributed by atoms with Gasteiger partial charge in [0.25, 0.3) is 5.91 Å². The van der Waals surface area contributed by atoms with Crippen molar-refractivity contribution in [2.45, 2.75) is 31.8 Å². The summed E-state index contributed by atoms with van der Waals surface area (Å²) in [5.41, 5.74) is 1.85. The number of anilines is 3. The number of nitrogens with zero attached hydrogens (tertiary/aromatic N) is 2. The van der Waals surface area contributed by atoms with E-state index in [2.05, 4.69) is 6.58 Å². The number of carbonyl (C=O) groups excluding carboxylic acids is 2. The first-order valence-electron chi connectivity index (χ1n) is 10.9. The number of carbonyl (C=O) groups is 2. The minimum atomic E-state index is -1.78. The number of hydrogen-bond donors (Lipinski definition) is 2. The monoisotopic (exact) mass is 432 g/mol. The quantitative estimate of drug-likeness (QED) is 0.655. The van der Waals surface area contributed by atoms with Gasteiger partial charge in [0.2, 0.25) is 5.91 Å². The molecule has 2 aliphatic rings. The third kappa shape index (κ3) is 3.45. The number of rotatable bonds is 7. The van der Waals surface area contributed by atoms with Gasteiger partial charge >= 0.3 is 0 Å². The summed E-state index contributed by atoms with van der Waals surface area (Å²) in [5, 5.41) is 20.8. The van der Waals surface area contributed by atoms with E-state index in [0.29, 0.717) is 36.2 Å². The fourth-order valence-corrected chi connectivity index (χ4v) is 4.61. The summed E-state index contributed by atoms with van der Waals surface area (Å²) < 4.78 is 0. The zero-order valence-electron chi connectivity index (χ0n) is 18.2. The molecule has 2 amide bonds. The Hall–Kier alpha value is -3.22. The Bertz CT molecular complexity index is 1090. The highest BCUT2D eigenvalue weighted by Crippen LogP contribution is 2.47. The molecule has 0 radical (unpaired) electrons. The molecule has 32 heavy (non-hydrogen) atoms. The van der Waals surface area contributed by atoms with Crippen LogP contribution in [0.1, 0.15) is 30.9 Å². The Morgan fingerprint density at radius 3 is 2.69 bits per heavy atom. The van der Waals surface area contributed by atoms with E-state index >= 15 is 0 Å². The summed E-state index contributed by atoms with van der Waals surface area (Å²) in [7, 11) is 0. The Balaban J connectivity index is 1.83. The molecule has 2 aliphatic heterocycles. The van der Waals surface area contributed by atoms with Crippen molar-refractivity contribution in [2.75, 3.05) is 23.0 Å². The Labute approximate surface area is 188 Å². The molecular formula is C26H28N2O4. The van der Waals surface area contributed by atoms with Gasteiger partial charge in [0.05, 0.1) is 11.4 Å². The van der Waals surface area contributed by atoms with Gasteiger partial charge in [0.15, 0.2) is 5.60 Å². The van der Waals surface area contributed by atoms with E-state index in [0.717, 1.165) is 11.3 Å². The molecule has 2 aromatic carbocycles. The Morgan fingerprint density at radius 1 is 1.16 bits per heavy atom. The minimum absolute atomic E-state index is 0.00456. The minimum Gasteiger partial charge on any atom is -0.396 e. The molecule has 0 unspecified atom stereocenters. The lowest BCUT2D eigenvalue weighted by molar-refractivity contribution is -0.139. The normalized spacial score (nSPS) is 21.1. The number of aliphatic hydroxyl groups is 2. The fourth-order valence-electron chi connectivity index (χ4n) is 4.61. The van der Waals surface area contributed by atoms with E-state index in [-0.39, 0.29) is 19.1 Å². The molecule has 2 aromatic rings. The standard InChI is InChI=1S/C26H28N2O4/c1-3-15-27-23-13-12-20(28-22-10-5-4-9-19(22)11-14-24(28)30)17-21(23)26(32,25(27)31)18(2)8-6-7-16-29/h3-6,8-10,12-13,17-18,29,32H,1,7,11,14-16H2,2H3/b8-6+/t18-,26+/m0/s1. The second kappa shape index (κ2) is 8.73. The van der Waals surface area contributed by atoms with Crippen molar-refractivity contribution in [1.29, 1.82) is 0 Å². The van der Waals surface area contributed by atoms with Crippen molar-refractivity contribution in [3.05, 3.63) is 78.4 Å². The highest BCUT2D eigenvalue weighted by atomic mass is 16.3. The maximum Gasteiger partial charge on any atom is 0.264 e. The third-order valence-corrected chi connectivity index (χ3v) is 6.29. The maximum atomic E-state index is 13.4. The van der Waals surface area contributed by atoms with Crippen molar-refractivity contribution in [1.82, 2.24) is 0 Å². The smallest absolute Gasteiger partial charge is 0.264 e. The summed E-state index contributed by atoms with van der Waals surface area (Å²) >= 11 is 0. The van der Waals surface area contributed by atoms with Crippen molar-refractivity contribution in [2.24, 2.45) is 5.92 Å². The van der Waals surface area contributed by atoms with E-state index in [4.69, 9.17) is 5.11 Å². The molecule has 0 saturated heterocycles. The number of fused-ring (bicyclic) bond motifs is 2. The van der Waals surface area contributed by atoms with E-state index < -0.39 is 17.4 Å². The zero-order valence-corrected chi connectivity index (χ0v) is 18.2. The molecule has 0 saturated carbocycles. The van der Waals surface area contributed by atoms with Crippen molar-refractivity contribution in [3.63, 3.8) is 0 Å². The van der Waals surface area contributed by atoms with Crippen LogP contribution in [0.25, 0.3) is 0 Å². The average molecular weight is 433 g/mol. The van der Waals surface area contributed by atoms with Crippen LogP contribution in [0.4, 0.5) is 17.1 Å². The van der Waals surface area contributed by atoms with Gasteiger partial charge in [-0.05, 0) is 42.7 Å². The van der Waals surface area contributed by atoms with E-state index in [9.17, 15) is 14.7 Å². The molecule has 0 fully saturated rings. The van der Waals surface area contributed by atoms with Gasteiger partial charge in [0.1, 0.15) is 0 Å². The van der Waals surface area contributed by atoms with Crippen LogP contribution >= 0.6 is 0 Å². The largest absolute Gasteiger partial charge is 0.396 e. The number of hydrogen-bond acceptors (Lipinski definition) is 4. The van der Waals surface area contributed by atoms with Crippen LogP contribution < -0.4 is 9.80 Å². The predicted molar refractivity (Wildman–Crippen MR) is 125 cm³/mol. The van der Waals surface area contributed by atoms with E-state index in [1.54, 1.807) is 42.2 Å². The molecule has 0 bridgehead atoms. The predicted octanol–water partition coefficient (Wildman–Crippen LogP) is 3.59. The number of amides is 2. The summed E-state index contributed by atoms with van der Waals surface area (Å²) in [4.78, 5) is 29.5.